The van der Waals surface area contributed by atoms with Crippen molar-refractivity contribution in [3.05, 3.63) is 18.0 Å². The highest BCUT2D eigenvalue weighted by atomic mass is 32.2. The topological polar surface area (TPSA) is 71.3 Å². The predicted molar refractivity (Wildman–Crippen MR) is 82.5 cm³/mol. The molecule has 0 bridgehead atoms. The third kappa shape index (κ3) is 3.67. The third-order valence-electron chi connectivity index (χ3n) is 4.35. The van der Waals surface area contributed by atoms with Crippen LogP contribution in [0.25, 0.3) is 0 Å². The van der Waals surface area contributed by atoms with Crippen molar-refractivity contribution in [3.63, 3.8) is 0 Å². The van der Waals surface area contributed by atoms with Crippen LogP contribution < -0.4 is 4.72 Å². The lowest BCUT2D eigenvalue weighted by atomic mass is 9.87. The first-order chi connectivity index (χ1) is 9.85. The normalized spacial score (nSPS) is 23.7. The Hall–Kier alpha value is -0.850. The van der Waals surface area contributed by atoms with Crippen LogP contribution in [-0.2, 0) is 16.6 Å². The molecule has 1 fully saturated rings. The summed E-state index contributed by atoms with van der Waals surface area (Å²) >= 11 is 0. The van der Waals surface area contributed by atoms with E-state index in [1.165, 1.54) is 6.42 Å². The summed E-state index contributed by atoms with van der Waals surface area (Å²) in [5, 5.41) is 9.37. The number of hydrogen-bond acceptors (Lipinski definition) is 3. The Bertz CT molecular complexity index is 578. The molecule has 6 heteroatoms. The molecule has 2 unspecified atom stereocenters. The maximum atomic E-state index is 12.5. The second-order valence-corrected chi connectivity index (χ2v) is 8.03. The van der Waals surface area contributed by atoms with Gasteiger partial charge in [-0.2, -0.15) is 0 Å². The Morgan fingerprint density at radius 1 is 1.38 bits per heavy atom. The molecule has 1 aliphatic carbocycles. The van der Waals surface area contributed by atoms with E-state index in [9.17, 15) is 13.5 Å². The number of nitrogens with zero attached hydrogens (tertiary/aromatic N) is 1. The van der Waals surface area contributed by atoms with Gasteiger partial charge >= 0.3 is 0 Å². The highest BCUT2D eigenvalue weighted by Crippen LogP contribution is 2.26. The van der Waals surface area contributed by atoms with Gasteiger partial charge in [0.2, 0.25) is 10.0 Å². The molecule has 1 heterocycles. The number of rotatable bonds is 5. The van der Waals surface area contributed by atoms with Gasteiger partial charge in [-0.3, -0.25) is 0 Å². The van der Waals surface area contributed by atoms with E-state index in [0.717, 1.165) is 19.3 Å². The van der Waals surface area contributed by atoms with Crippen molar-refractivity contribution in [2.45, 2.75) is 70.0 Å². The summed E-state index contributed by atoms with van der Waals surface area (Å²) in [6, 6.07) is 1.70. The zero-order valence-corrected chi connectivity index (χ0v) is 13.9. The number of hydrogen-bond donors (Lipinski definition) is 2. The fraction of sp³-hybridized carbons (Fsp3) is 0.733. The molecule has 1 aromatic heterocycles. The molecule has 0 amide bonds. The van der Waals surface area contributed by atoms with Crippen molar-refractivity contribution in [3.8, 4) is 0 Å². The number of sulfonamides is 1. The average molecular weight is 314 g/mol. The van der Waals surface area contributed by atoms with E-state index in [0.29, 0.717) is 11.6 Å². The first kappa shape index (κ1) is 16.5. The molecule has 21 heavy (non-hydrogen) atoms. The number of aliphatic hydroxyl groups excluding tert-OH is 1. The second kappa shape index (κ2) is 6.50. The molecule has 1 aliphatic rings. The maximum Gasteiger partial charge on any atom is 0.242 e. The summed E-state index contributed by atoms with van der Waals surface area (Å²) in [7, 11) is -3.52. The summed E-state index contributed by atoms with van der Waals surface area (Å²) in [4.78, 5) is 0.248. The Labute approximate surface area is 127 Å². The van der Waals surface area contributed by atoms with Crippen molar-refractivity contribution in [1.82, 2.24) is 9.29 Å². The van der Waals surface area contributed by atoms with Crippen LogP contribution in [0.5, 0.6) is 0 Å². The zero-order valence-electron chi connectivity index (χ0n) is 13.0. The first-order valence-corrected chi connectivity index (χ1v) is 9.17. The predicted octanol–water partition coefficient (Wildman–Crippen LogP) is 2.42. The van der Waals surface area contributed by atoms with Gasteiger partial charge in [0.15, 0.2) is 0 Å². The molecule has 5 nitrogen and oxygen atoms in total. The fourth-order valence-corrected chi connectivity index (χ4v) is 4.44. The van der Waals surface area contributed by atoms with Gasteiger partial charge in [-0.1, -0.05) is 19.8 Å². The lowest BCUT2D eigenvalue weighted by Crippen LogP contribution is -2.40. The van der Waals surface area contributed by atoms with E-state index < -0.39 is 10.0 Å². The lowest BCUT2D eigenvalue weighted by Gasteiger charge is -2.29. The Morgan fingerprint density at radius 2 is 2.05 bits per heavy atom. The van der Waals surface area contributed by atoms with E-state index >= 15 is 0 Å². The number of aliphatic hydroxyl groups is 1. The Balaban J connectivity index is 2.23. The molecule has 0 aliphatic heterocycles. The minimum Gasteiger partial charge on any atom is -0.390 e. The zero-order chi connectivity index (χ0) is 15.6. The molecular weight excluding hydrogens is 288 g/mol. The van der Waals surface area contributed by atoms with Gasteiger partial charge in [0.1, 0.15) is 0 Å². The molecule has 1 aromatic rings. The van der Waals surface area contributed by atoms with E-state index in [1.54, 1.807) is 16.8 Å². The number of aromatic nitrogens is 1. The van der Waals surface area contributed by atoms with Gasteiger partial charge in [-0.25, -0.2) is 13.1 Å². The summed E-state index contributed by atoms with van der Waals surface area (Å²) in [5.41, 5.74) is 0.627. The van der Waals surface area contributed by atoms with Crippen LogP contribution in [0.3, 0.4) is 0 Å². The van der Waals surface area contributed by atoms with Crippen LogP contribution in [0.1, 0.15) is 58.2 Å². The quantitative estimate of drug-likeness (QED) is 0.877. The van der Waals surface area contributed by atoms with Gasteiger partial charge in [-0.15, -0.1) is 0 Å². The first-order valence-electron chi connectivity index (χ1n) is 7.69. The second-order valence-electron chi connectivity index (χ2n) is 6.32. The highest BCUT2D eigenvalue weighted by molar-refractivity contribution is 7.89. The number of nitrogens with one attached hydrogen (secondary N) is 1. The highest BCUT2D eigenvalue weighted by Gasteiger charge is 2.28. The van der Waals surface area contributed by atoms with Crippen molar-refractivity contribution in [2.24, 2.45) is 5.92 Å². The van der Waals surface area contributed by atoms with Crippen LogP contribution in [-0.4, -0.2) is 24.1 Å². The van der Waals surface area contributed by atoms with Gasteiger partial charge in [0.25, 0.3) is 0 Å². The minimum atomic E-state index is -3.52. The summed E-state index contributed by atoms with van der Waals surface area (Å²) in [6.45, 7) is 5.87. The molecule has 2 rings (SSSR count). The molecule has 1 saturated carbocycles. The van der Waals surface area contributed by atoms with Gasteiger partial charge in [0.05, 0.1) is 11.5 Å². The lowest BCUT2D eigenvalue weighted by molar-refractivity contribution is 0.268. The molecular formula is C15H26N2O3S. The van der Waals surface area contributed by atoms with E-state index in [4.69, 9.17) is 0 Å². The standard InChI is InChI=1S/C15H26N2O3S/c1-11(2)17-9-14(8-13(17)10-18)21(19,20)16-15-7-5-4-6-12(15)3/h8-9,11-12,15-16,18H,4-7,10H2,1-3H3. The fourth-order valence-electron chi connectivity index (χ4n) is 3.01. The van der Waals surface area contributed by atoms with E-state index in [-0.39, 0.29) is 23.6 Å². The van der Waals surface area contributed by atoms with Gasteiger partial charge in [0, 0.05) is 24.0 Å². The smallest absolute Gasteiger partial charge is 0.242 e. The minimum absolute atomic E-state index is 0.0173. The van der Waals surface area contributed by atoms with Gasteiger partial charge in [-0.05, 0) is 38.7 Å². The van der Waals surface area contributed by atoms with Crippen LogP contribution in [0.4, 0.5) is 0 Å². The van der Waals surface area contributed by atoms with E-state index in [1.807, 2.05) is 13.8 Å². The maximum absolute atomic E-state index is 12.5. The summed E-state index contributed by atoms with van der Waals surface area (Å²) in [5.74, 6) is 0.373. The van der Waals surface area contributed by atoms with Crippen LogP contribution in [0.15, 0.2) is 17.2 Å². The molecule has 0 spiro atoms. The molecule has 0 aromatic carbocycles. The van der Waals surface area contributed by atoms with Crippen molar-refractivity contribution in [1.29, 1.82) is 0 Å². The van der Waals surface area contributed by atoms with Crippen molar-refractivity contribution in [2.75, 3.05) is 0 Å². The van der Waals surface area contributed by atoms with Crippen molar-refractivity contribution >= 4 is 10.0 Å². The monoisotopic (exact) mass is 314 g/mol. The third-order valence-corrected chi connectivity index (χ3v) is 5.81. The Kier molecular flexibility index (Phi) is 5.11. The molecule has 2 atom stereocenters. The van der Waals surface area contributed by atoms with Crippen LogP contribution >= 0.6 is 0 Å². The molecule has 120 valence electrons. The van der Waals surface area contributed by atoms with Gasteiger partial charge < -0.3 is 9.67 Å². The molecule has 0 saturated heterocycles. The SMILES string of the molecule is CC1CCCCC1NS(=O)(=O)c1cc(CO)n(C(C)C)c1. The van der Waals surface area contributed by atoms with Crippen molar-refractivity contribution < 1.29 is 13.5 Å². The summed E-state index contributed by atoms with van der Waals surface area (Å²) in [6.07, 6.45) is 5.84. The van der Waals surface area contributed by atoms with Crippen LogP contribution in [0, 0.1) is 5.92 Å². The van der Waals surface area contributed by atoms with Crippen LogP contribution in [0.2, 0.25) is 0 Å². The largest absolute Gasteiger partial charge is 0.390 e. The molecule has 2 N–H and O–H groups in total. The average Bonchev–Trinajstić information content (AvgIpc) is 2.86. The molecule has 0 radical (unpaired) electrons. The Morgan fingerprint density at radius 3 is 2.57 bits per heavy atom. The summed E-state index contributed by atoms with van der Waals surface area (Å²) < 4.78 is 29.7. The van der Waals surface area contributed by atoms with E-state index in [2.05, 4.69) is 11.6 Å².